The van der Waals surface area contributed by atoms with E-state index in [2.05, 4.69) is 5.32 Å². The monoisotopic (exact) mass is 395 g/mol. The highest BCUT2D eigenvalue weighted by atomic mass is 32.2. The van der Waals surface area contributed by atoms with Gasteiger partial charge in [-0.1, -0.05) is 44.2 Å². The van der Waals surface area contributed by atoms with Gasteiger partial charge in [-0.25, -0.2) is 4.31 Å². The van der Waals surface area contributed by atoms with Crippen LogP contribution >= 0.6 is 0 Å². The van der Waals surface area contributed by atoms with E-state index in [0.717, 1.165) is 41.1 Å². The fourth-order valence-electron chi connectivity index (χ4n) is 3.48. The first-order valence-electron chi connectivity index (χ1n) is 9.78. The zero-order valence-electron chi connectivity index (χ0n) is 17.0. The summed E-state index contributed by atoms with van der Waals surface area (Å²) in [5.41, 5.74) is 2.33. The van der Waals surface area contributed by atoms with Crippen LogP contribution in [0.15, 0.2) is 18.2 Å². The van der Waals surface area contributed by atoms with Crippen LogP contribution in [-0.4, -0.2) is 45.3 Å². The van der Waals surface area contributed by atoms with Crippen molar-refractivity contribution in [1.29, 1.82) is 0 Å². The molecular formula is C20H33N3O3S. The van der Waals surface area contributed by atoms with Crippen molar-refractivity contribution in [2.45, 2.75) is 64.8 Å². The Morgan fingerprint density at radius 3 is 2.26 bits per heavy atom. The number of aryl methyl sites for hydroxylation is 2. The van der Waals surface area contributed by atoms with Crippen molar-refractivity contribution in [3.05, 3.63) is 29.3 Å². The third kappa shape index (κ3) is 5.94. The van der Waals surface area contributed by atoms with E-state index in [4.69, 9.17) is 0 Å². The van der Waals surface area contributed by atoms with Crippen LogP contribution in [0.4, 0.5) is 5.69 Å². The van der Waals surface area contributed by atoms with Gasteiger partial charge in [-0.15, -0.1) is 0 Å². The second-order valence-corrected chi connectivity index (χ2v) is 9.76. The molecule has 1 aromatic carbocycles. The maximum Gasteiger partial charge on any atom is 0.304 e. The number of anilines is 1. The number of hydrogen-bond acceptors (Lipinski definition) is 3. The van der Waals surface area contributed by atoms with Crippen molar-refractivity contribution in [2.75, 3.05) is 24.9 Å². The molecule has 2 rings (SSSR count). The van der Waals surface area contributed by atoms with E-state index >= 15 is 0 Å². The molecule has 0 aromatic heterocycles. The van der Waals surface area contributed by atoms with Crippen LogP contribution in [0.1, 0.15) is 56.1 Å². The molecule has 1 saturated carbocycles. The van der Waals surface area contributed by atoms with Crippen LogP contribution in [0.3, 0.4) is 0 Å². The molecule has 0 saturated heterocycles. The number of rotatable bonds is 6. The molecule has 0 unspecified atom stereocenters. The number of carbonyl (C=O) groups excluding carboxylic acids is 1. The van der Waals surface area contributed by atoms with Crippen LogP contribution in [0.5, 0.6) is 0 Å². The zero-order chi connectivity index (χ0) is 20.0. The van der Waals surface area contributed by atoms with Gasteiger partial charge < -0.3 is 5.32 Å². The Morgan fingerprint density at radius 2 is 1.67 bits per heavy atom. The molecule has 1 aliphatic carbocycles. The molecule has 7 heteroatoms. The molecule has 1 amide bonds. The van der Waals surface area contributed by atoms with E-state index in [0.29, 0.717) is 5.69 Å². The summed E-state index contributed by atoms with van der Waals surface area (Å²) in [6, 6.07) is 5.78. The lowest BCUT2D eigenvalue weighted by atomic mass is 9.97. The molecule has 6 nitrogen and oxygen atoms in total. The summed E-state index contributed by atoms with van der Waals surface area (Å²) in [7, 11) is -0.802. The second kappa shape index (κ2) is 9.55. The van der Waals surface area contributed by atoms with Gasteiger partial charge in [0.1, 0.15) is 6.54 Å². The molecular weight excluding hydrogens is 362 g/mol. The third-order valence-corrected chi connectivity index (χ3v) is 6.94. The molecule has 27 heavy (non-hydrogen) atoms. The standard InChI is InChI=1S/C20H33N3O3S/c1-16-12-13-17(2)19(14-16)23(27(25,26)22(3)4)15-20(24)21-18-10-8-6-5-7-9-11-18/h12-14,18H,5-11,15H2,1-4H3,(H,21,24). The molecule has 1 aromatic rings. The third-order valence-electron chi connectivity index (χ3n) is 5.13. The van der Waals surface area contributed by atoms with Crippen molar-refractivity contribution >= 4 is 21.8 Å². The average Bonchev–Trinajstić information content (AvgIpc) is 2.57. The maximum absolute atomic E-state index is 12.9. The summed E-state index contributed by atoms with van der Waals surface area (Å²) in [6.07, 6.45) is 7.84. The summed E-state index contributed by atoms with van der Waals surface area (Å²) >= 11 is 0. The first-order valence-corrected chi connectivity index (χ1v) is 11.2. The highest BCUT2D eigenvalue weighted by Crippen LogP contribution is 2.25. The molecule has 1 fully saturated rings. The molecule has 152 valence electrons. The lowest BCUT2D eigenvalue weighted by Gasteiger charge is -2.29. The first-order chi connectivity index (χ1) is 12.7. The van der Waals surface area contributed by atoms with Crippen molar-refractivity contribution in [1.82, 2.24) is 9.62 Å². The van der Waals surface area contributed by atoms with Gasteiger partial charge in [-0.05, 0) is 43.9 Å². The Kier molecular flexibility index (Phi) is 7.68. The van der Waals surface area contributed by atoms with E-state index in [-0.39, 0.29) is 18.5 Å². The lowest BCUT2D eigenvalue weighted by Crippen LogP contribution is -2.48. The smallest absolute Gasteiger partial charge is 0.304 e. The quantitative estimate of drug-likeness (QED) is 0.804. The van der Waals surface area contributed by atoms with Gasteiger partial charge in [0.05, 0.1) is 5.69 Å². The molecule has 0 aliphatic heterocycles. The molecule has 1 aliphatic rings. The summed E-state index contributed by atoms with van der Waals surface area (Å²) in [4.78, 5) is 12.7. The van der Waals surface area contributed by atoms with Crippen LogP contribution < -0.4 is 9.62 Å². The van der Waals surface area contributed by atoms with Gasteiger partial charge >= 0.3 is 10.2 Å². The van der Waals surface area contributed by atoms with Gasteiger partial charge in [0.2, 0.25) is 5.91 Å². The summed E-state index contributed by atoms with van der Waals surface area (Å²) in [5, 5.41) is 3.07. The van der Waals surface area contributed by atoms with Gasteiger partial charge in [0.25, 0.3) is 0 Å². The largest absolute Gasteiger partial charge is 0.352 e. The number of benzene rings is 1. The van der Waals surface area contributed by atoms with Gasteiger partial charge in [0, 0.05) is 20.1 Å². The number of amides is 1. The normalized spacial score (nSPS) is 16.6. The minimum atomic E-state index is -3.77. The fourth-order valence-corrected chi connectivity index (χ4v) is 4.60. The Morgan fingerprint density at radius 1 is 1.07 bits per heavy atom. The highest BCUT2D eigenvalue weighted by Gasteiger charge is 2.29. The van der Waals surface area contributed by atoms with Gasteiger partial charge in [0.15, 0.2) is 0 Å². The Labute approximate surface area is 164 Å². The Balaban J connectivity index is 2.21. The van der Waals surface area contributed by atoms with E-state index in [1.807, 2.05) is 32.0 Å². The molecule has 0 radical (unpaired) electrons. The van der Waals surface area contributed by atoms with Crippen molar-refractivity contribution in [2.24, 2.45) is 0 Å². The average molecular weight is 396 g/mol. The SMILES string of the molecule is Cc1ccc(C)c(N(CC(=O)NC2CCCCCCC2)S(=O)(=O)N(C)C)c1. The molecule has 0 heterocycles. The van der Waals surface area contributed by atoms with E-state index < -0.39 is 10.2 Å². The Hall–Kier alpha value is -1.60. The minimum absolute atomic E-state index is 0.139. The first kappa shape index (κ1) is 21.7. The molecule has 0 bridgehead atoms. The topological polar surface area (TPSA) is 69.7 Å². The number of hydrogen-bond donors (Lipinski definition) is 1. The maximum atomic E-state index is 12.9. The molecule has 1 N–H and O–H groups in total. The van der Waals surface area contributed by atoms with Crippen molar-refractivity contribution in [3.8, 4) is 0 Å². The molecule has 0 spiro atoms. The van der Waals surface area contributed by atoms with Crippen LogP contribution in [0.25, 0.3) is 0 Å². The number of nitrogens with one attached hydrogen (secondary N) is 1. The predicted molar refractivity (Wildman–Crippen MR) is 110 cm³/mol. The van der Waals surface area contributed by atoms with Crippen molar-refractivity contribution in [3.63, 3.8) is 0 Å². The minimum Gasteiger partial charge on any atom is -0.352 e. The van der Waals surface area contributed by atoms with Crippen LogP contribution in [0.2, 0.25) is 0 Å². The van der Waals surface area contributed by atoms with Crippen molar-refractivity contribution < 1.29 is 13.2 Å². The van der Waals surface area contributed by atoms with Crippen LogP contribution in [0, 0.1) is 13.8 Å². The van der Waals surface area contributed by atoms with Gasteiger partial charge in [-0.3, -0.25) is 4.79 Å². The lowest BCUT2D eigenvalue weighted by molar-refractivity contribution is -0.120. The Bertz CT molecular complexity index is 739. The van der Waals surface area contributed by atoms with E-state index in [9.17, 15) is 13.2 Å². The predicted octanol–water partition coefficient (Wildman–Crippen LogP) is 3.15. The summed E-state index contributed by atoms with van der Waals surface area (Å²) in [6.45, 7) is 3.57. The number of carbonyl (C=O) groups is 1. The van der Waals surface area contributed by atoms with Gasteiger partial charge in [-0.2, -0.15) is 12.7 Å². The number of nitrogens with zero attached hydrogens (tertiary/aromatic N) is 2. The van der Waals surface area contributed by atoms with E-state index in [1.54, 1.807) is 0 Å². The van der Waals surface area contributed by atoms with Crippen LogP contribution in [-0.2, 0) is 15.0 Å². The summed E-state index contributed by atoms with van der Waals surface area (Å²) in [5.74, 6) is -0.244. The summed E-state index contributed by atoms with van der Waals surface area (Å²) < 4.78 is 28.2. The second-order valence-electron chi connectivity index (χ2n) is 7.70. The zero-order valence-corrected chi connectivity index (χ0v) is 17.8. The fraction of sp³-hybridized carbons (Fsp3) is 0.650. The molecule has 0 atom stereocenters. The highest BCUT2D eigenvalue weighted by molar-refractivity contribution is 7.90. The van der Waals surface area contributed by atoms with E-state index in [1.165, 1.54) is 37.7 Å².